The molecule has 3 heteroatoms. The van der Waals surface area contributed by atoms with E-state index >= 15 is 0 Å². The average molecular weight is 404 g/mol. The quantitative estimate of drug-likeness (QED) is 0.613. The van der Waals surface area contributed by atoms with Crippen molar-refractivity contribution in [1.29, 1.82) is 0 Å². The number of benzene rings is 2. The summed E-state index contributed by atoms with van der Waals surface area (Å²) in [6, 6.07) is 12.1. The van der Waals surface area contributed by atoms with Gasteiger partial charge in [-0.15, -0.1) is 5.75 Å². The van der Waals surface area contributed by atoms with Crippen LogP contribution in [-0.2, 0) is 24.7 Å². The van der Waals surface area contributed by atoms with Crippen LogP contribution >= 0.6 is 11.6 Å². The minimum atomic E-state index is 0.0509. The maximum absolute atomic E-state index is 11.4. The van der Waals surface area contributed by atoms with Gasteiger partial charge >= 0.3 is 82.3 Å². The van der Waals surface area contributed by atoms with Gasteiger partial charge in [0.2, 0.25) is 0 Å². The van der Waals surface area contributed by atoms with Crippen LogP contribution in [0.2, 0.25) is 5.02 Å². The van der Waals surface area contributed by atoms with Crippen LogP contribution in [0.1, 0.15) is 52.6 Å². The molecule has 2 aromatic carbocycles. The molecule has 0 saturated heterocycles. The summed E-state index contributed by atoms with van der Waals surface area (Å²) in [6.45, 7) is 8.03. The van der Waals surface area contributed by atoms with E-state index in [9.17, 15) is 5.11 Å². The number of rotatable bonds is 1. The number of hydrogen-bond donors (Lipinski definition) is 0. The standard InChI is InChI=1S/C10H13ClO.C10H9.Zr/c1-6(2)10-8(11)4-7(3)5-9(10)12;1-8-6-9-4-2-3-5-10(9)7-8;/h4-6,12H,1-3H3;2-7H,1H3;/q;;+1/p-1. The van der Waals surface area contributed by atoms with Gasteiger partial charge < -0.3 is 5.11 Å². The first-order valence-corrected chi connectivity index (χ1v) is 9.56. The topological polar surface area (TPSA) is 23.1 Å². The number of hydrogen-bond acceptors (Lipinski definition) is 1. The van der Waals surface area contributed by atoms with Crippen molar-refractivity contribution in [2.75, 3.05) is 0 Å². The first-order chi connectivity index (χ1) is 10.8. The Labute approximate surface area is 159 Å². The van der Waals surface area contributed by atoms with Crippen LogP contribution in [0.4, 0.5) is 0 Å². The fourth-order valence-corrected chi connectivity index (χ4v) is 4.10. The molecule has 0 heterocycles. The molecule has 0 radical (unpaired) electrons. The molecule has 1 aliphatic rings. The molecule has 0 saturated carbocycles. The smallest absolute Gasteiger partial charge is 0.0437 e. The predicted octanol–water partition coefficient (Wildman–Crippen LogP) is 5.54. The van der Waals surface area contributed by atoms with Crippen molar-refractivity contribution < 1.29 is 29.8 Å². The van der Waals surface area contributed by atoms with Gasteiger partial charge in [0.25, 0.3) is 0 Å². The molecule has 1 atom stereocenters. The molecular formula is C20H21ClOZr. The summed E-state index contributed by atoms with van der Waals surface area (Å²) in [5.41, 5.74) is 6.11. The normalized spacial score (nSPS) is 15.7. The van der Waals surface area contributed by atoms with Crippen molar-refractivity contribution in [3.05, 3.63) is 69.2 Å². The first kappa shape index (κ1) is 18.5. The molecule has 0 bridgehead atoms. The Morgan fingerprint density at radius 2 is 1.78 bits per heavy atom. The monoisotopic (exact) mass is 402 g/mol. The molecule has 0 fully saturated rings. The van der Waals surface area contributed by atoms with E-state index in [1.54, 1.807) is 30.8 Å². The summed E-state index contributed by atoms with van der Waals surface area (Å²) in [4.78, 5) is 0. The predicted molar refractivity (Wildman–Crippen MR) is 92.6 cm³/mol. The van der Waals surface area contributed by atoms with Gasteiger partial charge in [-0.2, -0.15) is 0 Å². The van der Waals surface area contributed by atoms with Crippen molar-refractivity contribution in [2.24, 2.45) is 0 Å². The van der Waals surface area contributed by atoms with E-state index in [-0.39, 0.29) is 11.7 Å². The van der Waals surface area contributed by atoms with Crippen molar-refractivity contribution in [3.63, 3.8) is 0 Å². The molecule has 23 heavy (non-hydrogen) atoms. The molecule has 1 unspecified atom stereocenters. The fraction of sp³-hybridized carbons (Fsp3) is 0.300. The zero-order chi connectivity index (χ0) is 17.1. The third-order valence-corrected chi connectivity index (χ3v) is 6.16. The molecular weight excluding hydrogens is 383 g/mol. The minimum Gasteiger partial charge on any atom is -0.872 e. The van der Waals surface area contributed by atoms with Crippen LogP contribution in [0.5, 0.6) is 5.75 Å². The van der Waals surface area contributed by atoms with E-state index in [1.165, 1.54) is 16.7 Å². The summed E-state index contributed by atoms with van der Waals surface area (Å²) in [7, 11) is 0. The summed E-state index contributed by atoms with van der Waals surface area (Å²) < 4.78 is 0.721. The second-order valence-electron chi connectivity index (χ2n) is 6.26. The van der Waals surface area contributed by atoms with Gasteiger partial charge in [0.15, 0.2) is 0 Å². The third-order valence-electron chi connectivity index (χ3n) is 3.96. The number of allylic oxidation sites excluding steroid dienone is 1. The molecule has 0 spiro atoms. The van der Waals surface area contributed by atoms with Crippen LogP contribution in [0.25, 0.3) is 6.08 Å². The second-order valence-corrected chi connectivity index (χ2v) is 8.09. The Morgan fingerprint density at radius 3 is 2.35 bits per heavy atom. The molecule has 0 aliphatic heterocycles. The zero-order valence-electron chi connectivity index (χ0n) is 14.0. The molecule has 1 nitrogen and oxygen atoms in total. The summed E-state index contributed by atoms with van der Waals surface area (Å²) in [6.07, 6.45) is 2.30. The maximum atomic E-state index is 11.4. The van der Waals surface area contributed by atoms with Gasteiger partial charge in [-0.1, -0.05) is 37.1 Å². The largest absolute Gasteiger partial charge is 0.872 e. The van der Waals surface area contributed by atoms with Gasteiger partial charge in [-0.3, -0.25) is 0 Å². The Hall–Kier alpha value is -0.847. The molecule has 0 N–H and O–H groups in total. The minimum absolute atomic E-state index is 0.0509. The molecule has 0 aromatic heterocycles. The third kappa shape index (κ3) is 4.37. The van der Waals surface area contributed by atoms with Crippen LogP contribution in [0, 0.1) is 6.92 Å². The SMILES string of the molecule is CC1=Cc2ccccc2[CH]1[Zr+].Cc1cc([O-])c(C(C)C)c(Cl)c1. The Balaban J connectivity index is 0.000000167. The van der Waals surface area contributed by atoms with Crippen LogP contribution < -0.4 is 5.11 Å². The zero-order valence-corrected chi connectivity index (χ0v) is 17.2. The second kappa shape index (κ2) is 7.82. The summed E-state index contributed by atoms with van der Waals surface area (Å²) in [5, 5.41) is 12.0. The van der Waals surface area contributed by atoms with Crippen molar-refractivity contribution in [3.8, 4) is 5.75 Å². The molecule has 118 valence electrons. The van der Waals surface area contributed by atoms with E-state index in [2.05, 4.69) is 37.3 Å². The van der Waals surface area contributed by atoms with Gasteiger partial charge in [0.05, 0.1) is 0 Å². The average Bonchev–Trinajstić information content (AvgIpc) is 2.74. The van der Waals surface area contributed by atoms with Gasteiger partial charge in [-0.25, -0.2) is 0 Å². The molecule has 2 aromatic rings. The van der Waals surface area contributed by atoms with E-state index < -0.39 is 0 Å². The Bertz CT molecular complexity index is 711. The number of fused-ring (bicyclic) bond motifs is 1. The molecule has 3 rings (SSSR count). The van der Waals surface area contributed by atoms with E-state index in [1.807, 2.05) is 26.8 Å². The molecule has 0 amide bonds. The number of halogens is 1. The van der Waals surface area contributed by atoms with Crippen molar-refractivity contribution in [1.82, 2.24) is 0 Å². The van der Waals surface area contributed by atoms with Crippen LogP contribution in [-0.4, -0.2) is 0 Å². The van der Waals surface area contributed by atoms with E-state index in [0.29, 0.717) is 5.02 Å². The summed E-state index contributed by atoms with van der Waals surface area (Å²) in [5.74, 6) is 0.251. The maximum Gasteiger partial charge on any atom is 0.0437 e. The van der Waals surface area contributed by atoms with Gasteiger partial charge in [0, 0.05) is 5.02 Å². The van der Waals surface area contributed by atoms with Crippen molar-refractivity contribution >= 4 is 17.7 Å². The van der Waals surface area contributed by atoms with Gasteiger partial charge in [-0.05, 0) is 24.5 Å². The van der Waals surface area contributed by atoms with E-state index in [4.69, 9.17) is 11.6 Å². The number of aryl methyl sites for hydroxylation is 1. The van der Waals surface area contributed by atoms with Crippen LogP contribution in [0.3, 0.4) is 0 Å². The first-order valence-electron chi connectivity index (χ1n) is 7.76. The Morgan fingerprint density at radius 1 is 1.13 bits per heavy atom. The van der Waals surface area contributed by atoms with E-state index in [0.717, 1.165) is 14.8 Å². The van der Waals surface area contributed by atoms with Gasteiger partial charge in [0.1, 0.15) is 0 Å². The molecule has 1 aliphatic carbocycles. The van der Waals surface area contributed by atoms with Crippen LogP contribution in [0.15, 0.2) is 42.0 Å². The fourth-order valence-electron chi connectivity index (χ4n) is 2.76. The Kier molecular flexibility index (Phi) is 6.28. The summed E-state index contributed by atoms with van der Waals surface area (Å²) >= 11 is 7.53. The van der Waals surface area contributed by atoms with Crippen molar-refractivity contribution in [2.45, 2.75) is 37.2 Å².